The Morgan fingerprint density at radius 2 is 1.64 bits per heavy atom. The van der Waals surface area contributed by atoms with Gasteiger partial charge in [0.25, 0.3) is 5.91 Å². The molecule has 2 aromatic heterocycles. The molecule has 36 heavy (non-hydrogen) atoms. The average Bonchev–Trinajstić information content (AvgIpc) is 3.31. The number of benzene rings is 2. The van der Waals surface area contributed by atoms with Crippen molar-refractivity contribution < 1.29 is 14.3 Å². The maximum Gasteiger partial charge on any atom is 0.255 e. The van der Waals surface area contributed by atoms with Gasteiger partial charge >= 0.3 is 0 Å². The van der Waals surface area contributed by atoms with Gasteiger partial charge in [-0.25, -0.2) is 0 Å². The first-order valence-electron chi connectivity index (χ1n) is 11.7. The number of rotatable bonds is 10. The Labute approximate surface area is 209 Å². The van der Waals surface area contributed by atoms with Gasteiger partial charge in [-0.15, -0.1) is 10.2 Å². The van der Waals surface area contributed by atoms with Crippen molar-refractivity contribution in [3.05, 3.63) is 102 Å². The third-order valence-corrected chi connectivity index (χ3v) is 5.60. The molecular formula is C27H30N6O3. The Hall–Kier alpha value is -4.08. The molecule has 0 aliphatic carbocycles. The van der Waals surface area contributed by atoms with Crippen LogP contribution >= 0.6 is 0 Å². The number of hydrogen-bond acceptors (Lipinski definition) is 6. The van der Waals surface area contributed by atoms with Crippen LogP contribution in [-0.4, -0.2) is 38.6 Å². The topological polar surface area (TPSA) is 124 Å². The van der Waals surface area contributed by atoms with Gasteiger partial charge in [-0.3, -0.25) is 14.0 Å². The van der Waals surface area contributed by atoms with E-state index in [1.807, 2.05) is 60.7 Å². The molecule has 0 unspecified atom stereocenters. The fraction of sp³-hybridized carbons (Fsp3) is 0.259. The van der Waals surface area contributed by atoms with Gasteiger partial charge in [-0.2, -0.15) is 0 Å². The fourth-order valence-corrected chi connectivity index (χ4v) is 3.62. The molecule has 9 nitrogen and oxygen atoms in total. The van der Waals surface area contributed by atoms with Crippen LogP contribution in [0.3, 0.4) is 0 Å². The number of nitrogens with zero attached hydrogens (tertiary/aromatic N) is 3. The maximum absolute atomic E-state index is 12.9. The van der Waals surface area contributed by atoms with E-state index in [4.69, 9.17) is 10.5 Å². The number of nitrogens with one attached hydrogen (secondary N) is 2. The van der Waals surface area contributed by atoms with E-state index < -0.39 is 11.6 Å². The lowest BCUT2D eigenvalue weighted by atomic mass is 10.1. The smallest absolute Gasteiger partial charge is 0.255 e. The lowest BCUT2D eigenvalue weighted by molar-refractivity contribution is -0.126. The Bertz CT molecular complexity index is 1320. The molecule has 0 radical (unpaired) electrons. The Balaban J connectivity index is 1.56. The maximum atomic E-state index is 12.9. The monoisotopic (exact) mass is 486 g/mol. The molecule has 1 atom stereocenters. The van der Waals surface area contributed by atoms with Gasteiger partial charge in [0.15, 0.2) is 11.5 Å². The Morgan fingerprint density at radius 1 is 0.972 bits per heavy atom. The number of carbonyl (C=O) groups is 2. The second-order valence-electron chi connectivity index (χ2n) is 9.09. The second kappa shape index (κ2) is 11.1. The third-order valence-electron chi connectivity index (χ3n) is 5.60. The highest BCUT2D eigenvalue weighted by atomic mass is 16.5. The molecule has 0 bridgehead atoms. The second-order valence-corrected chi connectivity index (χ2v) is 9.09. The summed E-state index contributed by atoms with van der Waals surface area (Å²) in [5.74, 6) is -0.190. The quantitative estimate of drug-likeness (QED) is 0.317. The number of amides is 2. The summed E-state index contributed by atoms with van der Waals surface area (Å²) in [6.07, 6.45) is 1.75. The summed E-state index contributed by atoms with van der Waals surface area (Å²) in [5, 5.41) is 14.4. The molecule has 2 heterocycles. The van der Waals surface area contributed by atoms with E-state index in [1.165, 1.54) is 0 Å². The summed E-state index contributed by atoms with van der Waals surface area (Å²) in [7, 11) is 0. The standard InChI is InChI=1S/C27H30N6O3/c1-27(2,28)26(35)30-22(18-36-17-20-12-7-4-8-13-20)24-32-31-23-21(14-9-15-33(23)24)25(34)29-16-19-10-5-3-6-11-19/h3-15,22H,16-18,28H2,1-2H3,(H,29,34)(H,30,35)/t22-/m1/s1. The lowest BCUT2D eigenvalue weighted by Crippen LogP contribution is -2.50. The number of aromatic nitrogens is 3. The van der Waals surface area contributed by atoms with Crippen molar-refractivity contribution in [2.45, 2.75) is 38.6 Å². The Morgan fingerprint density at radius 3 is 2.31 bits per heavy atom. The molecule has 2 amide bonds. The fourth-order valence-electron chi connectivity index (χ4n) is 3.62. The summed E-state index contributed by atoms with van der Waals surface area (Å²) in [5.41, 5.74) is 7.66. The molecular weight excluding hydrogens is 456 g/mol. The van der Waals surface area contributed by atoms with Crippen LogP contribution < -0.4 is 16.4 Å². The summed E-state index contributed by atoms with van der Waals surface area (Å²) >= 11 is 0. The summed E-state index contributed by atoms with van der Waals surface area (Å²) in [4.78, 5) is 25.7. The van der Waals surface area contributed by atoms with Gasteiger partial charge in [0.05, 0.1) is 24.3 Å². The van der Waals surface area contributed by atoms with Crippen LogP contribution in [0.1, 0.15) is 47.2 Å². The molecule has 186 valence electrons. The van der Waals surface area contributed by atoms with Crippen molar-refractivity contribution in [3.8, 4) is 0 Å². The van der Waals surface area contributed by atoms with E-state index in [0.29, 0.717) is 30.2 Å². The first-order chi connectivity index (χ1) is 17.3. The van der Waals surface area contributed by atoms with Crippen LogP contribution in [0, 0.1) is 0 Å². The van der Waals surface area contributed by atoms with Gasteiger partial charge < -0.3 is 21.1 Å². The van der Waals surface area contributed by atoms with E-state index in [-0.39, 0.29) is 18.4 Å². The molecule has 4 N–H and O–H groups in total. The van der Waals surface area contributed by atoms with Crippen LogP contribution in [0.15, 0.2) is 79.0 Å². The van der Waals surface area contributed by atoms with Crippen molar-refractivity contribution in [1.29, 1.82) is 0 Å². The van der Waals surface area contributed by atoms with Gasteiger partial charge in [-0.1, -0.05) is 60.7 Å². The number of hydrogen-bond donors (Lipinski definition) is 3. The van der Waals surface area contributed by atoms with Crippen LogP contribution in [0.5, 0.6) is 0 Å². The van der Waals surface area contributed by atoms with E-state index >= 15 is 0 Å². The van der Waals surface area contributed by atoms with Crippen LogP contribution in [0.25, 0.3) is 5.65 Å². The van der Waals surface area contributed by atoms with Gasteiger partial charge in [-0.05, 0) is 37.1 Å². The van der Waals surface area contributed by atoms with Crippen molar-refractivity contribution in [2.75, 3.05) is 6.61 Å². The molecule has 0 aliphatic heterocycles. The molecule has 2 aromatic carbocycles. The predicted octanol–water partition coefficient (Wildman–Crippen LogP) is 2.77. The summed E-state index contributed by atoms with van der Waals surface area (Å²) in [6.45, 7) is 4.15. The summed E-state index contributed by atoms with van der Waals surface area (Å²) in [6, 6.07) is 22.2. The molecule has 9 heteroatoms. The van der Waals surface area contributed by atoms with Gasteiger partial charge in [0.2, 0.25) is 5.91 Å². The molecule has 0 aliphatic rings. The van der Waals surface area contributed by atoms with Gasteiger partial charge in [0.1, 0.15) is 6.04 Å². The zero-order chi connectivity index (χ0) is 25.5. The SMILES string of the molecule is CC(C)(N)C(=O)N[C@H](COCc1ccccc1)c1nnc2c(C(=O)NCc3ccccc3)cccn12. The van der Waals surface area contributed by atoms with E-state index in [2.05, 4.69) is 20.8 Å². The van der Waals surface area contributed by atoms with Crippen molar-refractivity contribution in [2.24, 2.45) is 5.73 Å². The zero-order valence-electron chi connectivity index (χ0n) is 20.3. The molecule has 4 aromatic rings. The molecule has 0 saturated carbocycles. The van der Waals surface area contributed by atoms with E-state index in [9.17, 15) is 9.59 Å². The minimum atomic E-state index is -1.10. The van der Waals surface area contributed by atoms with Crippen LogP contribution in [0.2, 0.25) is 0 Å². The molecule has 4 rings (SSSR count). The third kappa shape index (κ3) is 6.12. The first kappa shape index (κ1) is 25.0. The molecule has 0 spiro atoms. The minimum absolute atomic E-state index is 0.141. The number of nitrogens with two attached hydrogens (primary N) is 1. The lowest BCUT2D eigenvalue weighted by Gasteiger charge is -2.23. The predicted molar refractivity (Wildman–Crippen MR) is 136 cm³/mol. The number of fused-ring (bicyclic) bond motifs is 1. The van der Waals surface area contributed by atoms with Crippen molar-refractivity contribution >= 4 is 17.5 Å². The first-order valence-corrected chi connectivity index (χ1v) is 11.7. The van der Waals surface area contributed by atoms with Crippen molar-refractivity contribution in [3.63, 3.8) is 0 Å². The van der Waals surface area contributed by atoms with Crippen molar-refractivity contribution in [1.82, 2.24) is 25.2 Å². The number of ether oxygens (including phenoxy) is 1. The van der Waals surface area contributed by atoms with E-state index in [0.717, 1.165) is 11.1 Å². The Kier molecular flexibility index (Phi) is 7.72. The highest BCUT2D eigenvalue weighted by Crippen LogP contribution is 2.18. The van der Waals surface area contributed by atoms with E-state index in [1.54, 1.807) is 36.6 Å². The molecule has 0 saturated heterocycles. The highest BCUT2D eigenvalue weighted by molar-refractivity contribution is 5.99. The average molecular weight is 487 g/mol. The minimum Gasteiger partial charge on any atom is -0.374 e. The van der Waals surface area contributed by atoms with Crippen LogP contribution in [-0.2, 0) is 22.7 Å². The highest BCUT2D eigenvalue weighted by Gasteiger charge is 2.28. The zero-order valence-corrected chi connectivity index (χ0v) is 20.3. The molecule has 0 fully saturated rings. The van der Waals surface area contributed by atoms with Crippen LogP contribution in [0.4, 0.5) is 0 Å². The largest absolute Gasteiger partial charge is 0.374 e. The normalized spacial score (nSPS) is 12.3. The summed E-state index contributed by atoms with van der Waals surface area (Å²) < 4.78 is 7.61. The number of carbonyl (C=O) groups excluding carboxylic acids is 2. The number of pyridine rings is 1. The van der Waals surface area contributed by atoms with Gasteiger partial charge in [0, 0.05) is 12.7 Å².